The molecule has 0 radical (unpaired) electrons. The van der Waals surface area contributed by atoms with E-state index in [1.807, 2.05) is 0 Å². The van der Waals surface area contributed by atoms with Crippen molar-refractivity contribution in [2.45, 2.75) is 13.0 Å². The second-order valence-electron chi connectivity index (χ2n) is 4.89. The van der Waals surface area contributed by atoms with E-state index in [1.165, 1.54) is 6.07 Å². The SMILES string of the molecule is CC1CN(c2ccc([N+](=O)[O-])c(C=O)c2)CCN1C. The van der Waals surface area contributed by atoms with E-state index in [2.05, 4.69) is 23.8 Å². The summed E-state index contributed by atoms with van der Waals surface area (Å²) in [4.78, 5) is 25.6. The highest BCUT2D eigenvalue weighted by atomic mass is 16.6. The van der Waals surface area contributed by atoms with Gasteiger partial charge in [-0.05, 0) is 26.1 Å². The summed E-state index contributed by atoms with van der Waals surface area (Å²) in [5.41, 5.74) is 0.864. The molecule has 1 fully saturated rings. The fourth-order valence-corrected chi connectivity index (χ4v) is 2.28. The number of anilines is 1. The van der Waals surface area contributed by atoms with Gasteiger partial charge in [0.2, 0.25) is 0 Å². The Morgan fingerprint density at radius 1 is 1.42 bits per heavy atom. The lowest BCUT2D eigenvalue weighted by Gasteiger charge is -2.39. The molecule has 0 spiro atoms. The number of rotatable bonds is 3. The van der Waals surface area contributed by atoms with E-state index in [9.17, 15) is 14.9 Å². The zero-order valence-corrected chi connectivity index (χ0v) is 11.1. The number of nitro groups is 1. The number of benzene rings is 1. The topological polar surface area (TPSA) is 66.7 Å². The summed E-state index contributed by atoms with van der Waals surface area (Å²) in [6.45, 7) is 4.79. The van der Waals surface area contributed by atoms with Crippen LogP contribution in [-0.4, -0.2) is 48.8 Å². The normalized spacial score (nSPS) is 20.3. The zero-order valence-electron chi connectivity index (χ0n) is 11.1. The molecule has 1 aromatic rings. The van der Waals surface area contributed by atoms with Crippen molar-refractivity contribution in [1.82, 2.24) is 4.90 Å². The first-order chi connectivity index (χ1) is 9.02. The average molecular weight is 263 g/mol. The number of carbonyl (C=O) groups excluding carboxylic acids is 1. The molecule has 0 aromatic heterocycles. The third-order valence-corrected chi connectivity index (χ3v) is 3.66. The molecular formula is C13H17N3O3. The summed E-state index contributed by atoms with van der Waals surface area (Å²) in [5, 5.41) is 10.8. The lowest BCUT2D eigenvalue weighted by molar-refractivity contribution is -0.385. The lowest BCUT2D eigenvalue weighted by atomic mass is 10.1. The van der Waals surface area contributed by atoms with Crippen LogP contribution in [0.15, 0.2) is 18.2 Å². The molecule has 1 saturated heterocycles. The number of nitro benzene ring substituents is 1. The van der Waals surface area contributed by atoms with Crippen molar-refractivity contribution in [3.05, 3.63) is 33.9 Å². The molecule has 1 aliphatic heterocycles. The summed E-state index contributed by atoms with van der Waals surface area (Å²) in [6, 6.07) is 5.14. The van der Waals surface area contributed by atoms with Crippen molar-refractivity contribution in [1.29, 1.82) is 0 Å². The molecule has 0 saturated carbocycles. The third kappa shape index (κ3) is 2.73. The van der Waals surface area contributed by atoms with Gasteiger partial charge in [0, 0.05) is 37.4 Å². The summed E-state index contributed by atoms with van der Waals surface area (Å²) in [5.74, 6) is 0. The molecule has 19 heavy (non-hydrogen) atoms. The molecular weight excluding hydrogens is 246 g/mol. The first-order valence-electron chi connectivity index (χ1n) is 6.21. The van der Waals surface area contributed by atoms with Crippen LogP contribution in [0.3, 0.4) is 0 Å². The van der Waals surface area contributed by atoms with Crippen LogP contribution in [0.4, 0.5) is 11.4 Å². The molecule has 6 heteroatoms. The minimum absolute atomic E-state index is 0.133. The Hall–Kier alpha value is -1.95. The van der Waals surface area contributed by atoms with Crippen molar-refractivity contribution in [2.24, 2.45) is 0 Å². The summed E-state index contributed by atoms with van der Waals surface area (Å²) in [7, 11) is 2.08. The van der Waals surface area contributed by atoms with Crippen molar-refractivity contribution in [3.63, 3.8) is 0 Å². The quantitative estimate of drug-likeness (QED) is 0.470. The molecule has 102 valence electrons. The van der Waals surface area contributed by atoms with Crippen molar-refractivity contribution < 1.29 is 9.72 Å². The lowest BCUT2D eigenvalue weighted by Crippen LogP contribution is -2.50. The highest BCUT2D eigenvalue weighted by molar-refractivity contribution is 5.83. The standard InChI is InChI=1S/C13H17N3O3/c1-10-8-15(6-5-14(10)2)12-3-4-13(16(18)19)11(7-12)9-17/h3-4,7,9-10H,5-6,8H2,1-2H3. The first-order valence-corrected chi connectivity index (χ1v) is 6.21. The second kappa shape index (κ2) is 5.36. The summed E-state index contributed by atoms with van der Waals surface area (Å²) < 4.78 is 0. The van der Waals surface area contributed by atoms with Crippen LogP contribution in [0.25, 0.3) is 0 Å². The summed E-state index contributed by atoms with van der Waals surface area (Å²) >= 11 is 0. The molecule has 1 aliphatic rings. The number of nitrogens with zero attached hydrogens (tertiary/aromatic N) is 3. The Balaban J connectivity index is 2.26. The van der Waals surface area contributed by atoms with E-state index in [1.54, 1.807) is 12.1 Å². The molecule has 0 amide bonds. The van der Waals surface area contributed by atoms with Crippen LogP contribution in [0, 0.1) is 10.1 Å². The highest BCUT2D eigenvalue weighted by Crippen LogP contribution is 2.25. The van der Waals surface area contributed by atoms with Crippen molar-refractivity contribution >= 4 is 17.7 Å². The number of hydrogen-bond donors (Lipinski definition) is 0. The number of hydrogen-bond acceptors (Lipinski definition) is 5. The maximum Gasteiger partial charge on any atom is 0.280 e. The van der Waals surface area contributed by atoms with Crippen LogP contribution in [0.2, 0.25) is 0 Å². The van der Waals surface area contributed by atoms with E-state index < -0.39 is 4.92 Å². The predicted molar refractivity (Wildman–Crippen MR) is 72.8 cm³/mol. The molecule has 0 N–H and O–H groups in total. The van der Waals surface area contributed by atoms with Crippen LogP contribution >= 0.6 is 0 Å². The van der Waals surface area contributed by atoms with Gasteiger partial charge >= 0.3 is 0 Å². The van der Waals surface area contributed by atoms with Crippen LogP contribution in [0.5, 0.6) is 0 Å². The number of aldehydes is 1. The maximum absolute atomic E-state index is 11.0. The van der Waals surface area contributed by atoms with Crippen LogP contribution in [-0.2, 0) is 0 Å². The molecule has 1 unspecified atom stereocenters. The van der Waals surface area contributed by atoms with Gasteiger partial charge in [0.25, 0.3) is 5.69 Å². The number of piperazine rings is 1. The average Bonchev–Trinajstić information content (AvgIpc) is 2.41. The Morgan fingerprint density at radius 2 is 2.16 bits per heavy atom. The first kappa shape index (κ1) is 13.5. The molecule has 1 aromatic carbocycles. The third-order valence-electron chi connectivity index (χ3n) is 3.66. The minimum atomic E-state index is -0.528. The van der Waals surface area contributed by atoms with Gasteiger partial charge in [0.05, 0.1) is 10.5 Å². The fourth-order valence-electron chi connectivity index (χ4n) is 2.28. The van der Waals surface area contributed by atoms with Crippen LogP contribution < -0.4 is 4.90 Å². The van der Waals surface area contributed by atoms with Gasteiger partial charge in [-0.25, -0.2) is 0 Å². The van der Waals surface area contributed by atoms with E-state index >= 15 is 0 Å². The Kier molecular flexibility index (Phi) is 3.80. The number of carbonyl (C=O) groups is 1. The molecule has 2 rings (SSSR count). The molecule has 0 aliphatic carbocycles. The van der Waals surface area contributed by atoms with Gasteiger partial charge in [-0.2, -0.15) is 0 Å². The molecule has 6 nitrogen and oxygen atoms in total. The van der Waals surface area contributed by atoms with E-state index in [4.69, 9.17) is 0 Å². The van der Waals surface area contributed by atoms with Crippen molar-refractivity contribution in [3.8, 4) is 0 Å². The molecule has 1 atom stereocenters. The van der Waals surface area contributed by atoms with E-state index in [-0.39, 0.29) is 11.3 Å². The minimum Gasteiger partial charge on any atom is -0.369 e. The molecule has 0 bridgehead atoms. The van der Waals surface area contributed by atoms with Gasteiger partial charge in [0.1, 0.15) is 0 Å². The summed E-state index contributed by atoms with van der Waals surface area (Å²) in [6.07, 6.45) is 0.543. The van der Waals surface area contributed by atoms with Gasteiger partial charge in [-0.3, -0.25) is 14.9 Å². The van der Waals surface area contributed by atoms with Gasteiger partial charge < -0.3 is 9.80 Å². The zero-order chi connectivity index (χ0) is 14.0. The molecule has 1 heterocycles. The van der Waals surface area contributed by atoms with Gasteiger partial charge in [0.15, 0.2) is 6.29 Å². The van der Waals surface area contributed by atoms with Gasteiger partial charge in [-0.1, -0.05) is 0 Å². The monoisotopic (exact) mass is 263 g/mol. The Labute approximate surface area is 111 Å². The number of likely N-dealkylation sites (N-methyl/N-ethyl adjacent to an activating group) is 1. The van der Waals surface area contributed by atoms with Crippen molar-refractivity contribution in [2.75, 3.05) is 31.6 Å². The second-order valence-corrected chi connectivity index (χ2v) is 4.89. The highest BCUT2D eigenvalue weighted by Gasteiger charge is 2.22. The Bertz CT molecular complexity index is 504. The largest absolute Gasteiger partial charge is 0.369 e. The Morgan fingerprint density at radius 3 is 2.74 bits per heavy atom. The van der Waals surface area contributed by atoms with E-state index in [0.717, 1.165) is 25.3 Å². The predicted octanol–water partition coefficient (Wildman–Crippen LogP) is 1.55. The maximum atomic E-state index is 11.0. The fraction of sp³-hybridized carbons (Fsp3) is 0.462. The van der Waals surface area contributed by atoms with E-state index in [0.29, 0.717) is 12.3 Å². The van der Waals surface area contributed by atoms with Gasteiger partial charge in [-0.15, -0.1) is 0 Å². The smallest absolute Gasteiger partial charge is 0.280 e. The van der Waals surface area contributed by atoms with Crippen LogP contribution in [0.1, 0.15) is 17.3 Å².